The van der Waals surface area contributed by atoms with E-state index < -0.39 is 10.8 Å². The molecule has 0 saturated carbocycles. The summed E-state index contributed by atoms with van der Waals surface area (Å²) >= 11 is 0. The van der Waals surface area contributed by atoms with E-state index in [1.165, 1.54) is 6.07 Å². The number of primary amides is 1. The van der Waals surface area contributed by atoms with Crippen LogP contribution >= 0.6 is 0 Å². The highest BCUT2D eigenvalue weighted by Crippen LogP contribution is 2.34. The Morgan fingerprint density at radius 2 is 2.00 bits per heavy atom. The Kier molecular flexibility index (Phi) is 5.18. The molecule has 1 aliphatic rings. The van der Waals surface area contributed by atoms with Crippen LogP contribution in [0.3, 0.4) is 0 Å². The predicted octanol–water partition coefficient (Wildman–Crippen LogP) is 2.87. The molecule has 0 spiro atoms. The molecule has 2 N–H and O–H groups in total. The maximum Gasteiger partial charge on any atom is 0.295 e. The second-order valence-corrected chi connectivity index (χ2v) is 7.41. The summed E-state index contributed by atoms with van der Waals surface area (Å²) in [6.07, 6.45) is 3.42. The van der Waals surface area contributed by atoms with Gasteiger partial charge in [0.1, 0.15) is 5.82 Å². The Labute approximate surface area is 173 Å². The molecule has 1 atom stereocenters. The number of rotatable bonds is 5. The van der Waals surface area contributed by atoms with Gasteiger partial charge in [0.2, 0.25) is 0 Å². The first-order chi connectivity index (χ1) is 14.4. The lowest BCUT2D eigenvalue weighted by atomic mass is 9.92. The van der Waals surface area contributed by atoms with Crippen molar-refractivity contribution >= 4 is 17.4 Å². The Hall–Kier alpha value is -3.75. The van der Waals surface area contributed by atoms with Crippen LogP contribution in [0.2, 0.25) is 0 Å². The number of anilines is 1. The maximum atomic E-state index is 11.8. The van der Waals surface area contributed by atoms with Gasteiger partial charge in [-0.25, -0.2) is 4.98 Å². The first kappa shape index (κ1) is 19.6. The minimum Gasteiger partial charge on any atom is -0.365 e. The van der Waals surface area contributed by atoms with E-state index in [9.17, 15) is 14.9 Å². The van der Waals surface area contributed by atoms with E-state index in [0.29, 0.717) is 34.9 Å². The van der Waals surface area contributed by atoms with Crippen LogP contribution in [0.4, 0.5) is 11.5 Å². The molecule has 1 amide bonds. The average molecular weight is 406 g/mol. The van der Waals surface area contributed by atoms with Gasteiger partial charge in [-0.3, -0.25) is 19.6 Å². The molecule has 0 unspecified atom stereocenters. The third-order valence-corrected chi connectivity index (χ3v) is 5.36. The molecule has 0 aliphatic carbocycles. The topological polar surface area (TPSA) is 120 Å². The molecule has 1 aromatic carbocycles. The number of nitrogens with zero attached hydrogens (tertiary/aromatic N) is 5. The number of hydrogen-bond donors (Lipinski definition) is 1. The summed E-state index contributed by atoms with van der Waals surface area (Å²) < 4.78 is 1.60. The first-order valence-electron chi connectivity index (χ1n) is 9.73. The molecule has 1 aliphatic heterocycles. The van der Waals surface area contributed by atoms with Crippen LogP contribution in [0.15, 0.2) is 48.7 Å². The highest BCUT2D eigenvalue weighted by Gasteiger charge is 2.29. The minimum absolute atomic E-state index is 0.0274. The van der Waals surface area contributed by atoms with Crippen molar-refractivity contribution in [3.63, 3.8) is 0 Å². The van der Waals surface area contributed by atoms with E-state index in [-0.39, 0.29) is 11.6 Å². The third-order valence-electron chi connectivity index (χ3n) is 5.36. The number of nitrogens with two attached hydrogens (primary N) is 1. The van der Waals surface area contributed by atoms with Gasteiger partial charge in [-0.15, -0.1) is 0 Å². The van der Waals surface area contributed by atoms with Gasteiger partial charge < -0.3 is 10.6 Å². The third kappa shape index (κ3) is 3.73. The lowest BCUT2D eigenvalue weighted by Gasteiger charge is -2.33. The molecule has 3 heterocycles. The molecule has 4 rings (SSSR count). The van der Waals surface area contributed by atoms with Gasteiger partial charge in [0.05, 0.1) is 16.2 Å². The van der Waals surface area contributed by atoms with Gasteiger partial charge in [-0.1, -0.05) is 30.3 Å². The Morgan fingerprint density at radius 1 is 1.23 bits per heavy atom. The molecule has 0 bridgehead atoms. The molecule has 2 aromatic heterocycles. The zero-order valence-electron chi connectivity index (χ0n) is 16.6. The summed E-state index contributed by atoms with van der Waals surface area (Å²) in [4.78, 5) is 29.7. The van der Waals surface area contributed by atoms with Crippen LogP contribution < -0.4 is 10.6 Å². The molecule has 3 aromatic rings. The fourth-order valence-corrected chi connectivity index (χ4v) is 3.98. The summed E-state index contributed by atoms with van der Waals surface area (Å²) in [5.74, 6) is 0.204. The highest BCUT2D eigenvalue weighted by molar-refractivity contribution is 5.93. The van der Waals surface area contributed by atoms with E-state index >= 15 is 0 Å². The summed E-state index contributed by atoms with van der Waals surface area (Å²) in [5.41, 5.74) is 7.67. The van der Waals surface area contributed by atoms with Gasteiger partial charge in [-0.05, 0) is 18.9 Å². The van der Waals surface area contributed by atoms with E-state index in [1.54, 1.807) is 24.0 Å². The van der Waals surface area contributed by atoms with Crippen molar-refractivity contribution in [1.82, 2.24) is 14.8 Å². The lowest BCUT2D eigenvalue weighted by Crippen LogP contribution is -2.35. The Morgan fingerprint density at radius 3 is 2.70 bits per heavy atom. The number of benzene rings is 1. The lowest BCUT2D eigenvalue weighted by molar-refractivity contribution is -0.384. The van der Waals surface area contributed by atoms with Crippen LogP contribution in [0, 0.1) is 10.1 Å². The first-order valence-corrected chi connectivity index (χ1v) is 9.73. The number of amides is 1. The average Bonchev–Trinajstić information content (AvgIpc) is 3.16. The molecule has 0 radical (unpaired) electrons. The fraction of sp³-hybridized carbons (Fsp3) is 0.286. The van der Waals surface area contributed by atoms with E-state index in [4.69, 9.17) is 5.73 Å². The number of hydrogen-bond acceptors (Lipinski definition) is 6. The summed E-state index contributed by atoms with van der Waals surface area (Å²) in [7, 11) is 1.76. The smallest absolute Gasteiger partial charge is 0.295 e. The molecule has 1 fully saturated rings. The van der Waals surface area contributed by atoms with Crippen molar-refractivity contribution in [2.24, 2.45) is 12.8 Å². The number of carbonyl (C=O) groups is 1. The van der Waals surface area contributed by atoms with Crippen LogP contribution in [0.25, 0.3) is 11.3 Å². The normalized spacial score (nSPS) is 16.4. The number of aromatic nitrogens is 3. The zero-order valence-corrected chi connectivity index (χ0v) is 16.6. The van der Waals surface area contributed by atoms with Crippen LogP contribution in [-0.4, -0.2) is 38.7 Å². The van der Waals surface area contributed by atoms with Crippen LogP contribution in [0.1, 0.15) is 34.8 Å². The van der Waals surface area contributed by atoms with Gasteiger partial charge in [0, 0.05) is 43.9 Å². The van der Waals surface area contributed by atoms with Crippen molar-refractivity contribution in [2.75, 3.05) is 18.0 Å². The standard InChI is InChI=1S/C21H22N6O3/c1-25-13-16(21(22)28)19(24-25)15-8-5-11-26(12-15)18-10-9-17(27(29)30)20(23-18)14-6-3-2-4-7-14/h2-4,6-7,9-10,13,15H,5,8,11-12H2,1H3,(H2,22,28)/t15-/m0/s1. The van der Waals surface area contributed by atoms with Gasteiger partial charge >= 0.3 is 0 Å². The zero-order chi connectivity index (χ0) is 21.3. The number of pyridine rings is 1. The minimum atomic E-state index is -0.491. The molecule has 154 valence electrons. The van der Waals surface area contributed by atoms with Crippen molar-refractivity contribution < 1.29 is 9.72 Å². The molecule has 30 heavy (non-hydrogen) atoms. The largest absolute Gasteiger partial charge is 0.365 e. The predicted molar refractivity (Wildman–Crippen MR) is 112 cm³/mol. The van der Waals surface area contributed by atoms with E-state index in [0.717, 1.165) is 19.4 Å². The van der Waals surface area contributed by atoms with Crippen molar-refractivity contribution in [3.05, 3.63) is 70.0 Å². The quantitative estimate of drug-likeness (QED) is 0.514. The van der Waals surface area contributed by atoms with Gasteiger partial charge in [0.15, 0.2) is 5.69 Å². The number of piperidine rings is 1. The van der Waals surface area contributed by atoms with Crippen LogP contribution in [-0.2, 0) is 7.05 Å². The maximum absolute atomic E-state index is 11.8. The summed E-state index contributed by atoms with van der Waals surface area (Å²) in [5, 5.41) is 16.0. The molecular weight excluding hydrogens is 384 g/mol. The van der Waals surface area contributed by atoms with Gasteiger partial charge in [-0.2, -0.15) is 5.10 Å². The second-order valence-electron chi connectivity index (χ2n) is 7.41. The summed E-state index contributed by atoms with van der Waals surface area (Å²) in [6, 6.07) is 12.3. The Balaban J connectivity index is 1.67. The van der Waals surface area contributed by atoms with E-state index in [2.05, 4.69) is 15.0 Å². The van der Waals surface area contributed by atoms with Crippen molar-refractivity contribution in [1.29, 1.82) is 0 Å². The monoisotopic (exact) mass is 406 g/mol. The SMILES string of the molecule is Cn1cc(C(N)=O)c([C@H]2CCCN(c3ccc([N+](=O)[O-])c(-c4ccccc4)n3)C2)n1. The van der Waals surface area contributed by atoms with E-state index in [1.807, 2.05) is 30.3 Å². The van der Waals surface area contributed by atoms with Crippen LogP contribution in [0.5, 0.6) is 0 Å². The highest BCUT2D eigenvalue weighted by atomic mass is 16.6. The Bertz CT molecular complexity index is 1100. The molecule has 1 saturated heterocycles. The van der Waals surface area contributed by atoms with Gasteiger partial charge in [0.25, 0.3) is 11.6 Å². The molecule has 9 nitrogen and oxygen atoms in total. The fourth-order valence-electron chi connectivity index (χ4n) is 3.98. The second kappa shape index (κ2) is 7.94. The van der Waals surface area contributed by atoms with Crippen molar-refractivity contribution in [2.45, 2.75) is 18.8 Å². The van der Waals surface area contributed by atoms with Crippen molar-refractivity contribution in [3.8, 4) is 11.3 Å². The number of carbonyl (C=O) groups excluding carboxylic acids is 1. The molecule has 9 heteroatoms. The molecular formula is C21H22N6O3. The summed E-state index contributed by atoms with van der Waals surface area (Å²) in [6.45, 7) is 1.38. The number of aryl methyl sites for hydroxylation is 1. The number of nitro groups is 1.